The molecule has 2 amide bonds. The molecule has 8 heteroatoms. The number of benzene rings is 4. The summed E-state index contributed by atoms with van der Waals surface area (Å²) in [5, 5.41) is 35.3. The predicted octanol–water partition coefficient (Wildman–Crippen LogP) is 6.92. The molecule has 2 aliphatic rings. The molecule has 0 aliphatic carbocycles. The Hall–Kier alpha value is -4.34. The van der Waals surface area contributed by atoms with Crippen LogP contribution >= 0.6 is 0 Å². The molecule has 2 N–H and O–H groups in total. The molecular weight excluding hydrogens is 612 g/mol. The number of amides is 2. The highest BCUT2D eigenvalue weighted by molar-refractivity contribution is 5.82. The van der Waals surface area contributed by atoms with Gasteiger partial charge in [0.2, 0.25) is 0 Å². The molecule has 0 radical (unpaired) electrons. The van der Waals surface area contributed by atoms with Crippen LogP contribution in [0.1, 0.15) is 79.3 Å². The van der Waals surface area contributed by atoms with Crippen LogP contribution in [-0.4, -0.2) is 59.4 Å². The van der Waals surface area contributed by atoms with Crippen molar-refractivity contribution in [2.45, 2.75) is 69.1 Å². The van der Waals surface area contributed by atoms with E-state index in [0.717, 1.165) is 47.9 Å². The fourth-order valence-corrected chi connectivity index (χ4v) is 7.82. The fraction of sp³-hybridized carbons (Fsp3) is 0.366. The van der Waals surface area contributed by atoms with Gasteiger partial charge in [-0.3, -0.25) is 9.59 Å². The normalized spacial score (nSPS) is 24.0. The first-order valence-corrected chi connectivity index (χ1v) is 17.8. The number of quaternary nitrogens is 2. The molecule has 0 unspecified atom stereocenters. The smallest absolute Gasteiger partial charge is 0.279 e. The maximum absolute atomic E-state index is 14.5. The van der Waals surface area contributed by atoms with E-state index in [-0.39, 0.29) is 37.0 Å². The van der Waals surface area contributed by atoms with Crippen LogP contribution in [0, 0.1) is 10.4 Å². The number of nitrogens with zero attached hydrogens (tertiary/aromatic N) is 2. The summed E-state index contributed by atoms with van der Waals surface area (Å²) in [6, 6.07) is 37.0. The van der Waals surface area contributed by atoms with Crippen molar-refractivity contribution in [2.75, 3.05) is 26.2 Å². The zero-order valence-electron chi connectivity index (χ0n) is 28.2. The molecular formula is C41H48N4O4. The van der Waals surface area contributed by atoms with Crippen molar-refractivity contribution >= 4 is 11.8 Å². The summed E-state index contributed by atoms with van der Waals surface area (Å²) >= 11 is 0. The van der Waals surface area contributed by atoms with Gasteiger partial charge in [0.1, 0.15) is 0 Å². The van der Waals surface area contributed by atoms with Gasteiger partial charge in [-0.05, 0) is 47.9 Å². The summed E-state index contributed by atoms with van der Waals surface area (Å²) in [6.07, 6.45) is 4.49. The van der Waals surface area contributed by atoms with Crippen molar-refractivity contribution in [3.05, 3.63) is 154 Å². The van der Waals surface area contributed by atoms with Gasteiger partial charge < -0.3 is 30.3 Å². The largest absolute Gasteiger partial charge is 0.632 e. The maximum Gasteiger partial charge on any atom is 0.279 e. The van der Waals surface area contributed by atoms with Gasteiger partial charge in [-0.25, -0.2) is 0 Å². The highest BCUT2D eigenvalue weighted by atomic mass is 16.6. The van der Waals surface area contributed by atoms with Crippen LogP contribution < -0.4 is 10.6 Å². The Kier molecular flexibility index (Phi) is 11.2. The lowest BCUT2D eigenvalue weighted by Crippen LogP contribution is -2.63. The Balaban J connectivity index is 1.14. The lowest BCUT2D eigenvalue weighted by Gasteiger charge is -2.53. The van der Waals surface area contributed by atoms with E-state index in [1.807, 2.05) is 121 Å². The summed E-state index contributed by atoms with van der Waals surface area (Å²) in [4.78, 5) is 27.9. The minimum Gasteiger partial charge on any atom is -0.632 e. The minimum absolute atomic E-state index is 0.173. The number of likely N-dealkylation sites (tertiary alicyclic amines) is 2. The second kappa shape index (κ2) is 15.9. The SMILES string of the molecule is O=C(NC(c1ccccc1)c1ccccc1)[C@@H]1CCCC[N@@+]1([O-])CCC[N@@+]1([O-])CCCC[C@H]1C(=O)NC(c1ccccc1)c1ccccc1. The number of hydroxylamine groups is 6. The lowest BCUT2D eigenvalue weighted by atomic mass is 9.95. The zero-order valence-corrected chi connectivity index (χ0v) is 28.2. The van der Waals surface area contributed by atoms with E-state index in [2.05, 4.69) is 10.6 Å². The number of carbonyl (C=O) groups is 2. The van der Waals surface area contributed by atoms with Gasteiger partial charge in [0.05, 0.1) is 38.3 Å². The number of carbonyl (C=O) groups excluding carboxylic acids is 2. The monoisotopic (exact) mass is 660 g/mol. The molecule has 256 valence electrons. The van der Waals surface area contributed by atoms with E-state index in [4.69, 9.17) is 0 Å². The van der Waals surface area contributed by atoms with Crippen LogP contribution in [0.2, 0.25) is 0 Å². The van der Waals surface area contributed by atoms with Crippen LogP contribution in [0.5, 0.6) is 0 Å². The first-order valence-electron chi connectivity index (χ1n) is 17.8. The summed E-state index contributed by atoms with van der Waals surface area (Å²) in [5.41, 5.74) is 3.82. The van der Waals surface area contributed by atoms with E-state index in [1.54, 1.807) is 0 Å². The second-order valence-electron chi connectivity index (χ2n) is 13.7. The van der Waals surface area contributed by atoms with Crippen LogP contribution in [0.3, 0.4) is 0 Å². The molecule has 0 saturated carbocycles. The Bertz CT molecular complexity index is 1440. The Morgan fingerprint density at radius 1 is 0.531 bits per heavy atom. The van der Waals surface area contributed by atoms with Crippen molar-refractivity contribution in [2.24, 2.45) is 0 Å². The highest BCUT2D eigenvalue weighted by Crippen LogP contribution is 2.31. The summed E-state index contributed by atoms with van der Waals surface area (Å²) in [7, 11) is 0. The number of hydrogen-bond donors (Lipinski definition) is 2. The fourth-order valence-electron chi connectivity index (χ4n) is 7.82. The number of nitrogens with one attached hydrogen (secondary N) is 2. The number of piperidine rings is 2. The van der Waals surface area contributed by atoms with Crippen LogP contribution in [0.25, 0.3) is 0 Å². The molecule has 0 bridgehead atoms. The number of hydrogen-bond acceptors (Lipinski definition) is 4. The van der Waals surface area contributed by atoms with Crippen LogP contribution in [0.15, 0.2) is 121 Å². The van der Waals surface area contributed by atoms with E-state index < -0.39 is 21.4 Å². The molecule has 2 fully saturated rings. The van der Waals surface area contributed by atoms with Crippen molar-refractivity contribution in [1.82, 2.24) is 10.6 Å². The summed E-state index contributed by atoms with van der Waals surface area (Å²) in [5.74, 6) is -0.497. The van der Waals surface area contributed by atoms with Gasteiger partial charge >= 0.3 is 0 Å². The van der Waals surface area contributed by atoms with E-state index >= 15 is 0 Å². The van der Waals surface area contributed by atoms with Gasteiger partial charge in [0.25, 0.3) is 11.8 Å². The van der Waals surface area contributed by atoms with E-state index in [1.165, 1.54) is 0 Å². The molecule has 0 spiro atoms. The molecule has 0 aromatic heterocycles. The molecule has 8 nitrogen and oxygen atoms in total. The van der Waals surface area contributed by atoms with Crippen LogP contribution in [-0.2, 0) is 9.59 Å². The predicted molar refractivity (Wildman–Crippen MR) is 192 cm³/mol. The summed E-state index contributed by atoms with van der Waals surface area (Å²) in [6.45, 7) is 1.04. The third kappa shape index (κ3) is 8.28. The first kappa shape index (κ1) is 34.5. The van der Waals surface area contributed by atoms with Gasteiger partial charge in [0, 0.05) is 19.3 Å². The molecule has 4 atom stereocenters. The molecule has 49 heavy (non-hydrogen) atoms. The maximum atomic E-state index is 14.5. The zero-order chi connectivity index (χ0) is 34.1. The van der Waals surface area contributed by atoms with Gasteiger partial charge in [0.15, 0.2) is 12.1 Å². The van der Waals surface area contributed by atoms with Crippen LogP contribution in [0.4, 0.5) is 0 Å². The van der Waals surface area contributed by atoms with Gasteiger partial charge in [-0.1, -0.05) is 121 Å². The third-order valence-corrected chi connectivity index (χ3v) is 10.4. The third-order valence-electron chi connectivity index (χ3n) is 10.4. The standard InChI is InChI=1S/C41H48N4O4/c46-40(42-38(32-18-5-1-6-19-32)33-20-7-2-8-21-33)36-26-13-15-28-44(36,48)30-17-31-45(49)29-16-14-27-37(45)41(47)43-39(34-22-9-3-10-23-34)35-24-11-4-12-25-35/h1-12,18-25,36-39H,13-17,26-31H2,(H,42,46)(H,43,47)/t36-,37-,44-,45+/m0/s1. The van der Waals surface area contributed by atoms with E-state index in [0.29, 0.717) is 32.4 Å². The van der Waals surface area contributed by atoms with Gasteiger partial charge in [-0.2, -0.15) is 0 Å². The first-order chi connectivity index (χ1) is 23.9. The van der Waals surface area contributed by atoms with Gasteiger partial charge in [-0.15, -0.1) is 0 Å². The molecule has 2 aliphatic heterocycles. The molecule has 2 heterocycles. The lowest BCUT2D eigenvalue weighted by molar-refractivity contribution is -0.919. The minimum atomic E-state index is -0.748. The Morgan fingerprint density at radius 3 is 1.14 bits per heavy atom. The second-order valence-corrected chi connectivity index (χ2v) is 13.7. The summed E-state index contributed by atoms with van der Waals surface area (Å²) < 4.78 is -1.27. The van der Waals surface area contributed by atoms with Crippen molar-refractivity contribution < 1.29 is 18.9 Å². The average Bonchev–Trinajstić information content (AvgIpc) is 3.14. The van der Waals surface area contributed by atoms with Crippen molar-refractivity contribution in [3.63, 3.8) is 0 Å². The quantitative estimate of drug-likeness (QED) is 0.127. The Morgan fingerprint density at radius 2 is 0.837 bits per heavy atom. The molecule has 6 rings (SSSR count). The Labute approximate surface area is 290 Å². The highest BCUT2D eigenvalue weighted by Gasteiger charge is 2.41. The number of rotatable bonds is 12. The topological polar surface area (TPSA) is 104 Å². The average molecular weight is 661 g/mol. The van der Waals surface area contributed by atoms with Crippen molar-refractivity contribution in [3.8, 4) is 0 Å². The molecule has 4 aromatic carbocycles. The molecule has 2 saturated heterocycles. The molecule has 4 aromatic rings. The van der Waals surface area contributed by atoms with E-state index in [9.17, 15) is 20.0 Å². The van der Waals surface area contributed by atoms with Crippen molar-refractivity contribution in [1.29, 1.82) is 0 Å².